The van der Waals surface area contributed by atoms with Gasteiger partial charge in [-0.05, 0) is 63.5 Å². The molecule has 3 atom stereocenters. The minimum atomic E-state index is 0.461. The Balaban J connectivity index is 2.17. The molecule has 0 heteroatoms. The normalized spacial score (nSPS) is 41.8. The van der Waals surface area contributed by atoms with E-state index in [0.29, 0.717) is 5.41 Å². The van der Waals surface area contributed by atoms with Crippen molar-refractivity contribution in [3.8, 4) is 0 Å². The molecule has 3 aliphatic rings. The molecule has 17 heavy (non-hydrogen) atoms. The van der Waals surface area contributed by atoms with Crippen molar-refractivity contribution >= 4 is 0 Å². The van der Waals surface area contributed by atoms with Gasteiger partial charge in [-0.3, -0.25) is 0 Å². The van der Waals surface area contributed by atoms with Crippen LogP contribution in [0.1, 0.15) is 53.4 Å². The van der Waals surface area contributed by atoms with Crippen molar-refractivity contribution in [1.82, 2.24) is 0 Å². The van der Waals surface area contributed by atoms with Gasteiger partial charge in [0.15, 0.2) is 0 Å². The van der Waals surface area contributed by atoms with E-state index in [9.17, 15) is 0 Å². The number of allylic oxidation sites excluding steroid dienone is 6. The summed E-state index contributed by atoms with van der Waals surface area (Å²) in [5.41, 5.74) is 7.16. The van der Waals surface area contributed by atoms with Crippen LogP contribution in [0, 0.1) is 17.3 Å². The second-order valence-electron chi connectivity index (χ2n) is 6.55. The van der Waals surface area contributed by atoms with Crippen LogP contribution in [0.2, 0.25) is 0 Å². The van der Waals surface area contributed by atoms with E-state index in [1.807, 2.05) is 0 Å². The van der Waals surface area contributed by atoms with Crippen molar-refractivity contribution < 1.29 is 0 Å². The van der Waals surface area contributed by atoms with E-state index in [0.717, 1.165) is 11.8 Å². The van der Waals surface area contributed by atoms with E-state index in [2.05, 4.69) is 39.8 Å². The van der Waals surface area contributed by atoms with Gasteiger partial charge in [0.1, 0.15) is 0 Å². The van der Waals surface area contributed by atoms with E-state index < -0.39 is 0 Å². The predicted octanol–water partition coefficient (Wildman–Crippen LogP) is 5.04. The van der Waals surface area contributed by atoms with Crippen LogP contribution in [0.25, 0.3) is 0 Å². The molecule has 0 nitrogen and oxygen atoms in total. The van der Waals surface area contributed by atoms with Gasteiger partial charge in [0.25, 0.3) is 0 Å². The summed E-state index contributed by atoms with van der Waals surface area (Å²) in [6.45, 7) is 9.28. The highest BCUT2D eigenvalue weighted by Gasteiger charge is 2.54. The van der Waals surface area contributed by atoms with Crippen molar-refractivity contribution in [2.75, 3.05) is 0 Å². The van der Waals surface area contributed by atoms with Crippen LogP contribution in [0.4, 0.5) is 0 Å². The summed E-state index contributed by atoms with van der Waals surface area (Å²) in [5, 5.41) is 0. The first-order valence-corrected chi connectivity index (χ1v) is 7.14. The third kappa shape index (κ3) is 1.36. The van der Waals surface area contributed by atoms with Crippen molar-refractivity contribution in [2.24, 2.45) is 17.3 Å². The molecule has 0 aliphatic heterocycles. The van der Waals surface area contributed by atoms with E-state index >= 15 is 0 Å². The molecule has 0 amide bonds. The van der Waals surface area contributed by atoms with Gasteiger partial charge < -0.3 is 0 Å². The average molecular weight is 228 g/mol. The van der Waals surface area contributed by atoms with Crippen LogP contribution in [0.15, 0.2) is 34.4 Å². The summed E-state index contributed by atoms with van der Waals surface area (Å²) in [7, 11) is 0. The number of hydrogen-bond donors (Lipinski definition) is 0. The Kier molecular flexibility index (Phi) is 2.40. The summed E-state index contributed by atoms with van der Waals surface area (Å²) >= 11 is 0. The molecule has 3 rings (SSSR count). The zero-order valence-electron chi connectivity index (χ0n) is 11.6. The summed E-state index contributed by atoms with van der Waals surface area (Å²) < 4.78 is 0. The lowest BCUT2D eigenvalue weighted by atomic mass is 9.63. The monoisotopic (exact) mass is 228 g/mol. The molecule has 1 spiro atoms. The topological polar surface area (TPSA) is 0 Å². The van der Waals surface area contributed by atoms with E-state index in [4.69, 9.17) is 0 Å². The van der Waals surface area contributed by atoms with E-state index in [-0.39, 0.29) is 0 Å². The first-order valence-electron chi connectivity index (χ1n) is 7.14. The van der Waals surface area contributed by atoms with Crippen LogP contribution in [-0.4, -0.2) is 0 Å². The number of hydrogen-bond acceptors (Lipinski definition) is 0. The van der Waals surface area contributed by atoms with Crippen LogP contribution in [0.5, 0.6) is 0 Å². The zero-order chi connectivity index (χ0) is 12.2. The fraction of sp³-hybridized carbons (Fsp3) is 0.647. The summed E-state index contributed by atoms with van der Waals surface area (Å²) in [6, 6.07) is 0. The Bertz CT molecular complexity index is 443. The van der Waals surface area contributed by atoms with Crippen molar-refractivity contribution in [3.05, 3.63) is 34.4 Å². The number of fused-ring (bicyclic) bond motifs is 1. The minimum Gasteiger partial charge on any atom is -0.0835 e. The van der Waals surface area contributed by atoms with Gasteiger partial charge in [-0.1, -0.05) is 30.2 Å². The maximum atomic E-state index is 2.60. The highest BCUT2D eigenvalue weighted by molar-refractivity contribution is 5.58. The Hall–Kier alpha value is -0.780. The number of rotatable bonds is 0. The Morgan fingerprint density at radius 3 is 2.76 bits per heavy atom. The highest BCUT2D eigenvalue weighted by Crippen LogP contribution is 2.66. The molecular formula is C17H24. The lowest BCUT2D eigenvalue weighted by molar-refractivity contribution is 0.275. The quantitative estimate of drug-likeness (QED) is 0.510. The molecule has 0 aromatic heterocycles. The lowest BCUT2D eigenvalue weighted by Crippen LogP contribution is -2.29. The minimum absolute atomic E-state index is 0.461. The SMILES string of the molecule is CC=C1C(=C(C)C)C23CC(C)CCC2=CC1C3. The van der Waals surface area contributed by atoms with Crippen molar-refractivity contribution in [3.63, 3.8) is 0 Å². The Morgan fingerprint density at radius 2 is 2.12 bits per heavy atom. The van der Waals surface area contributed by atoms with Crippen LogP contribution < -0.4 is 0 Å². The van der Waals surface area contributed by atoms with E-state index in [1.54, 1.807) is 22.3 Å². The molecule has 2 saturated carbocycles. The Labute approximate surface area is 105 Å². The Morgan fingerprint density at radius 1 is 1.35 bits per heavy atom. The van der Waals surface area contributed by atoms with Gasteiger partial charge in [0, 0.05) is 11.3 Å². The molecule has 0 radical (unpaired) electrons. The van der Waals surface area contributed by atoms with Gasteiger partial charge in [-0.25, -0.2) is 0 Å². The van der Waals surface area contributed by atoms with Gasteiger partial charge >= 0.3 is 0 Å². The average Bonchev–Trinajstić information content (AvgIpc) is 2.77. The molecule has 0 N–H and O–H groups in total. The second-order valence-corrected chi connectivity index (χ2v) is 6.55. The molecule has 2 fully saturated rings. The first kappa shape index (κ1) is 11.3. The largest absolute Gasteiger partial charge is 0.0835 e. The van der Waals surface area contributed by atoms with Crippen molar-refractivity contribution in [1.29, 1.82) is 0 Å². The third-order valence-corrected chi connectivity index (χ3v) is 5.17. The van der Waals surface area contributed by atoms with Gasteiger partial charge in [-0.2, -0.15) is 0 Å². The fourth-order valence-corrected chi connectivity index (χ4v) is 4.76. The molecule has 0 aromatic rings. The van der Waals surface area contributed by atoms with E-state index in [1.165, 1.54) is 25.7 Å². The standard InChI is InChI=1S/C17H24/c1-5-15-13-8-14-7-6-12(4)9-17(14,10-13)16(15)11(2)3/h5,8,12-13H,6-7,9-10H2,1-4H3. The summed E-state index contributed by atoms with van der Waals surface area (Å²) in [5.74, 6) is 1.64. The van der Waals surface area contributed by atoms with Gasteiger partial charge in [0.2, 0.25) is 0 Å². The third-order valence-electron chi connectivity index (χ3n) is 5.17. The maximum Gasteiger partial charge on any atom is 0.0175 e. The second kappa shape index (κ2) is 3.60. The van der Waals surface area contributed by atoms with Crippen LogP contribution in [-0.2, 0) is 0 Å². The smallest absolute Gasteiger partial charge is 0.0175 e. The molecule has 3 aliphatic carbocycles. The first-order chi connectivity index (χ1) is 8.08. The molecule has 3 unspecified atom stereocenters. The van der Waals surface area contributed by atoms with Crippen LogP contribution in [0.3, 0.4) is 0 Å². The molecule has 0 heterocycles. The van der Waals surface area contributed by atoms with Crippen molar-refractivity contribution in [2.45, 2.75) is 53.4 Å². The molecular weight excluding hydrogens is 204 g/mol. The lowest BCUT2D eigenvalue weighted by Gasteiger charge is -2.41. The van der Waals surface area contributed by atoms with Gasteiger partial charge in [-0.15, -0.1) is 0 Å². The van der Waals surface area contributed by atoms with Gasteiger partial charge in [0.05, 0.1) is 0 Å². The molecule has 0 saturated heterocycles. The highest BCUT2D eigenvalue weighted by atomic mass is 14.6. The molecule has 92 valence electrons. The maximum absolute atomic E-state index is 2.60. The van der Waals surface area contributed by atoms with Crippen LogP contribution >= 0.6 is 0 Å². The fourth-order valence-electron chi connectivity index (χ4n) is 4.76. The summed E-state index contributed by atoms with van der Waals surface area (Å²) in [4.78, 5) is 0. The zero-order valence-corrected chi connectivity index (χ0v) is 11.6. The molecule has 0 aromatic carbocycles. The summed E-state index contributed by atoms with van der Waals surface area (Å²) in [6.07, 6.45) is 10.5. The predicted molar refractivity (Wildman–Crippen MR) is 73.8 cm³/mol. The molecule has 2 bridgehead atoms.